The van der Waals surface area contributed by atoms with Gasteiger partial charge in [-0.25, -0.2) is 4.79 Å². The minimum Gasteiger partial charge on any atom is -0.507 e. The summed E-state index contributed by atoms with van der Waals surface area (Å²) >= 11 is 0. The van der Waals surface area contributed by atoms with Crippen molar-refractivity contribution in [1.82, 2.24) is 0 Å². The quantitative estimate of drug-likeness (QED) is 0.436. The Morgan fingerprint density at radius 1 is 1.09 bits per heavy atom. The Bertz CT molecular complexity index is 1210. The summed E-state index contributed by atoms with van der Waals surface area (Å²) in [4.78, 5) is 25.9. The molecule has 2 aromatic rings. The van der Waals surface area contributed by atoms with Crippen molar-refractivity contribution in [3.8, 4) is 23.0 Å². The van der Waals surface area contributed by atoms with Crippen molar-refractivity contribution in [1.29, 1.82) is 0 Å². The van der Waals surface area contributed by atoms with Gasteiger partial charge in [0.1, 0.15) is 52.1 Å². The van der Waals surface area contributed by atoms with Crippen molar-refractivity contribution in [3.05, 3.63) is 44.0 Å². The number of aryl methyl sites for hydroxylation is 1. The molecule has 33 heavy (non-hydrogen) atoms. The largest absolute Gasteiger partial charge is 0.507 e. The van der Waals surface area contributed by atoms with Crippen LogP contribution in [0, 0.1) is 12.8 Å². The van der Waals surface area contributed by atoms with Gasteiger partial charge in [-0.3, -0.25) is 4.79 Å². The molecule has 1 aromatic carbocycles. The fourth-order valence-corrected chi connectivity index (χ4v) is 4.53. The maximum Gasteiger partial charge on any atom is 0.343 e. The molecule has 1 fully saturated rings. The number of ether oxygens (including phenoxy) is 2. The first-order valence-electron chi connectivity index (χ1n) is 11.3. The third kappa shape index (κ3) is 3.47. The molecule has 0 aliphatic carbocycles. The molecule has 2 unspecified atom stereocenters. The van der Waals surface area contributed by atoms with E-state index < -0.39 is 29.0 Å². The minimum absolute atomic E-state index is 0.0417. The minimum atomic E-state index is -0.765. The number of aromatic hydroxyl groups is 3. The van der Waals surface area contributed by atoms with Crippen molar-refractivity contribution >= 4 is 5.78 Å². The standard InChI is InChI=1S/C25H30O8/c1-7-10(3)17(26)15-19(28)12(9-13-18(27)11(4)14(8-2)31-24(13)30)20(29)16-21(15)33-25(5,6)23-22(16)32-23/h10,22-23,27-29H,7-9H2,1-6H3/t10-,22?,23?/m0/s1. The number of phenols is 2. The third-order valence-corrected chi connectivity index (χ3v) is 6.86. The Balaban J connectivity index is 1.95. The summed E-state index contributed by atoms with van der Waals surface area (Å²) in [6.07, 6.45) is -0.182. The molecule has 8 nitrogen and oxygen atoms in total. The first kappa shape index (κ1) is 23.2. The van der Waals surface area contributed by atoms with Crippen molar-refractivity contribution < 1.29 is 34.0 Å². The van der Waals surface area contributed by atoms with Crippen LogP contribution < -0.4 is 10.4 Å². The molecule has 1 saturated heterocycles. The third-order valence-electron chi connectivity index (χ3n) is 6.86. The maximum absolute atomic E-state index is 13.3. The van der Waals surface area contributed by atoms with Crippen LogP contribution in [0.15, 0.2) is 9.21 Å². The zero-order valence-electron chi connectivity index (χ0n) is 19.7. The molecule has 1 aromatic heterocycles. The lowest BCUT2D eigenvalue weighted by Crippen LogP contribution is -2.38. The summed E-state index contributed by atoms with van der Waals surface area (Å²) in [5.74, 6) is -1.33. The number of epoxide rings is 1. The summed E-state index contributed by atoms with van der Waals surface area (Å²) in [6, 6.07) is 0. The summed E-state index contributed by atoms with van der Waals surface area (Å²) < 4.78 is 17.2. The topological polar surface area (TPSA) is 130 Å². The Labute approximate surface area is 191 Å². The zero-order chi connectivity index (χ0) is 24.4. The Morgan fingerprint density at radius 2 is 1.76 bits per heavy atom. The van der Waals surface area contributed by atoms with Crippen LogP contribution in [0.1, 0.15) is 85.5 Å². The second-order valence-corrected chi connectivity index (χ2v) is 9.45. The molecule has 0 radical (unpaired) electrons. The molecule has 0 bridgehead atoms. The molecule has 0 spiro atoms. The van der Waals surface area contributed by atoms with E-state index >= 15 is 0 Å². The first-order chi connectivity index (χ1) is 15.4. The van der Waals surface area contributed by atoms with E-state index in [9.17, 15) is 24.9 Å². The van der Waals surface area contributed by atoms with Gasteiger partial charge in [-0.1, -0.05) is 20.8 Å². The monoisotopic (exact) mass is 458 g/mol. The van der Waals surface area contributed by atoms with Gasteiger partial charge in [0.25, 0.3) is 0 Å². The number of hydrogen-bond acceptors (Lipinski definition) is 8. The number of fused-ring (bicyclic) bond motifs is 3. The molecular weight excluding hydrogens is 428 g/mol. The Morgan fingerprint density at radius 3 is 2.36 bits per heavy atom. The average molecular weight is 459 g/mol. The Hall–Kier alpha value is -3.00. The number of benzene rings is 1. The molecule has 2 aliphatic heterocycles. The fourth-order valence-electron chi connectivity index (χ4n) is 4.53. The lowest BCUT2D eigenvalue weighted by molar-refractivity contribution is 0.0685. The number of Topliss-reactive ketones (excluding diaryl/α,β-unsaturated/α-hetero) is 1. The maximum atomic E-state index is 13.3. The van der Waals surface area contributed by atoms with Crippen LogP contribution >= 0.6 is 0 Å². The van der Waals surface area contributed by atoms with E-state index in [4.69, 9.17) is 13.9 Å². The van der Waals surface area contributed by atoms with E-state index in [1.165, 1.54) is 0 Å². The summed E-state index contributed by atoms with van der Waals surface area (Å²) in [7, 11) is 0. The summed E-state index contributed by atoms with van der Waals surface area (Å²) in [5.41, 5.74) is -1.03. The number of phenolic OH excluding ortho intramolecular Hbond substituents is 2. The van der Waals surface area contributed by atoms with Crippen LogP contribution in [0.4, 0.5) is 0 Å². The molecule has 178 valence electrons. The molecule has 0 amide bonds. The Kier molecular flexibility index (Phi) is 5.47. The van der Waals surface area contributed by atoms with Gasteiger partial charge in [0.15, 0.2) is 5.78 Å². The van der Waals surface area contributed by atoms with Gasteiger partial charge < -0.3 is 29.2 Å². The predicted molar refractivity (Wildman–Crippen MR) is 119 cm³/mol. The SMILES string of the molecule is CCc1oc(=O)c(Cc2c(O)c(C(=O)[C@@H](C)CC)c3c(c2O)C2OC2C(C)(C)O3)c(O)c1C. The summed E-state index contributed by atoms with van der Waals surface area (Å²) in [6.45, 7) is 10.7. The highest BCUT2D eigenvalue weighted by atomic mass is 16.6. The molecule has 8 heteroatoms. The van der Waals surface area contributed by atoms with Crippen LogP contribution in [-0.4, -0.2) is 32.8 Å². The molecule has 0 saturated carbocycles. The van der Waals surface area contributed by atoms with Crippen LogP contribution in [0.2, 0.25) is 0 Å². The van der Waals surface area contributed by atoms with E-state index in [0.29, 0.717) is 24.2 Å². The normalized spacial score (nSPS) is 21.0. The van der Waals surface area contributed by atoms with Gasteiger partial charge in [0.05, 0.1) is 11.1 Å². The molecule has 3 atom stereocenters. The van der Waals surface area contributed by atoms with Gasteiger partial charge >= 0.3 is 5.63 Å². The predicted octanol–water partition coefficient (Wildman–Crippen LogP) is 4.06. The van der Waals surface area contributed by atoms with Crippen molar-refractivity contribution in [2.75, 3.05) is 0 Å². The number of carbonyl (C=O) groups excluding carboxylic acids is 1. The van der Waals surface area contributed by atoms with E-state index in [-0.39, 0.29) is 57.8 Å². The number of ketones is 1. The highest BCUT2D eigenvalue weighted by Crippen LogP contribution is 2.60. The molecule has 3 N–H and O–H groups in total. The first-order valence-corrected chi connectivity index (χ1v) is 11.3. The average Bonchev–Trinajstić information content (AvgIpc) is 3.56. The van der Waals surface area contributed by atoms with Crippen molar-refractivity contribution in [3.63, 3.8) is 0 Å². The van der Waals surface area contributed by atoms with E-state index in [2.05, 4.69) is 0 Å². The van der Waals surface area contributed by atoms with Gasteiger partial charge in [-0.2, -0.15) is 0 Å². The van der Waals surface area contributed by atoms with Crippen LogP contribution in [-0.2, 0) is 17.6 Å². The summed E-state index contributed by atoms with van der Waals surface area (Å²) in [5, 5.41) is 33.0. The van der Waals surface area contributed by atoms with Crippen molar-refractivity contribution in [2.45, 2.75) is 78.6 Å². The van der Waals surface area contributed by atoms with Crippen LogP contribution in [0.25, 0.3) is 0 Å². The van der Waals surface area contributed by atoms with Gasteiger partial charge in [0.2, 0.25) is 0 Å². The zero-order valence-corrected chi connectivity index (χ0v) is 19.7. The molecular formula is C25H30O8. The second-order valence-electron chi connectivity index (χ2n) is 9.45. The highest BCUT2D eigenvalue weighted by molar-refractivity contribution is 6.04. The lowest BCUT2D eigenvalue weighted by Gasteiger charge is -2.32. The van der Waals surface area contributed by atoms with E-state index in [1.54, 1.807) is 20.8 Å². The number of hydrogen-bond donors (Lipinski definition) is 3. The van der Waals surface area contributed by atoms with E-state index in [0.717, 1.165) is 0 Å². The van der Waals surface area contributed by atoms with Crippen molar-refractivity contribution in [2.24, 2.45) is 5.92 Å². The van der Waals surface area contributed by atoms with Gasteiger partial charge in [-0.15, -0.1) is 0 Å². The lowest BCUT2D eigenvalue weighted by atomic mass is 9.85. The molecule has 3 heterocycles. The second kappa shape index (κ2) is 7.80. The highest BCUT2D eigenvalue weighted by Gasteiger charge is 2.59. The van der Waals surface area contributed by atoms with Crippen LogP contribution in [0.5, 0.6) is 23.0 Å². The number of rotatable bonds is 6. The fraction of sp³-hybridized carbons (Fsp3) is 0.520. The molecule has 2 aliphatic rings. The number of carbonyl (C=O) groups is 1. The van der Waals surface area contributed by atoms with Gasteiger partial charge in [-0.05, 0) is 27.2 Å². The smallest absolute Gasteiger partial charge is 0.343 e. The van der Waals surface area contributed by atoms with Gasteiger partial charge in [0, 0.05) is 29.9 Å². The van der Waals surface area contributed by atoms with Crippen LogP contribution in [0.3, 0.4) is 0 Å². The van der Waals surface area contributed by atoms with E-state index in [1.807, 2.05) is 20.8 Å². The molecule has 4 rings (SSSR count).